The smallest absolute Gasteiger partial charge is 0.222 e. The van der Waals surface area contributed by atoms with Crippen molar-refractivity contribution in [2.45, 2.75) is 30.8 Å². The molecule has 0 amide bonds. The van der Waals surface area contributed by atoms with E-state index in [4.69, 9.17) is 5.73 Å². The Hall–Kier alpha value is -1.50. The minimum Gasteiger partial charge on any atom is -0.368 e. The fourth-order valence-corrected chi connectivity index (χ4v) is 2.63. The van der Waals surface area contributed by atoms with Crippen LogP contribution in [-0.2, 0) is 12.8 Å². The van der Waals surface area contributed by atoms with E-state index in [1.165, 1.54) is 0 Å². The van der Waals surface area contributed by atoms with E-state index in [-0.39, 0.29) is 6.04 Å². The van der Waals surface area contributed by atoms with Crippen molar-refractivity contribution in [1.29, 1.82) is 0 Å². The van der Waals surface area contributed by atoms with Gasteiger partial charge in [-0.3, -0.25) is 4.57 Å². The van der Waals surface area contributed by atoms with Crippen LogP contribution in [0.2, 0.25) is 0 Å². The average molecular weight is 252 g/mol. The highest BCUT2D eigenvalue weighted by Gasteiger charge is 2.13. The number of nitrogen functional groups attached to an aromatic ring is 1. The number of imidazole rings is 1. The number of thioether (sulfide) groups is 1. The van der Waals surface area contributed by atoms with Gasteiger partial charge in [0, 0.05) is 30.7 Å². The van der Waals surface area contributed by atoms with Crippen LogP contribution in [0.5, 0.6) is 0 Å². The summed E-state index contributed by atoms with van der Waals surface area (Å²) in [7, 11) is 1.98. The first-order valence-corrected chi connectivity index (χ1v) is 6.36. The third-order valence-corrected chi connectivity index (χ3v) is 3.45. The third-order valence-electron chi connectivity index (χ3n) is 2.47. The SMILES string of the molecule is CC(C)n1c(N)nnc1SCc1cncn1C. The van der Waals surface area contributed by atoms with E-state index in [2.05, 4.69) is 29.0 Å². The minimum absolute atomic E-state index is 0.263. The second-order valence-corrected chi connectivity index (χ2v) is 5.03. The van der Waals surface area contributed by atoms with Crippen LogP contribution in [0.3, 0.4) is 0 Å². The molecule has 0 aliphatic heterocycles. The normalized spacial score (nSPS) is 11.3. The van der Waals surface area contributed by atoms with Crippen LogP contribution >= 0.6 is 11.8 Å². The molecular formula is C10H16N6S. The molecule has 0 atom stereocenters. The number of aryl methyl sites for hydroxylation is 1. The van der Waals surface area contributed by atoms with Crippen LogP contribution in [0.1, 0.15) is 25.6 Å². The molecule has 2 aromatic heterocycles. The fraction of sp³-hybridized carbons (Fsp3) is 0.500. The number of hydrogen-bond acceptors (Lipinski definition) is 5. The van der Waals surface area contributed by atoms with Crippen LogP contribution in [0, 0.1) is 0 Å². The summed E-state index contributed by atoms with van der Waals surface area (Å²) >= 11 is 1.62. The Bertz CT molecular complexity index is 501. The summed E-state index contributed by atoms with van der Waals surface area (Å²) < 4.78 is 3.92. The van der Waals surface area contributed by atoms with Crippen molar-refractivity contribution in [3.8, 4) is 0 Å². The lowest BCUT2D eigenvalue weighted by Gasteiger charge is -2.11. The van der Waals surface area contributed by atoms with Crippen LogP contribution < -0.4 is 5.73 Å². The summed E-state index contributed by atoms with van der Waals surface area (Å²) in [6.07, 6.45) is 3.64. The minimum atomic E-state index is 0.263. The average Bonchev–Trinajstić information content (AvgIpc) is 2.82. The van der Waals surface area contributed by atoms with Gasteiger partial charge in [0.1, 0.15) is 0 Å². The molecule has 2 heterocycles. The van der Waals surface area contributed by atoms with E-state index in [1.807, 2.05) is 22.4 Å². The van der Waals surface area contributed by atoms with Gasteiger partial charge in [-0.15, -0.1) is 10.2 Å². The Morgan fingerprint density at radius 2 is 2.18 bits per heavy atom. The molecule has 17 heavy (non-hydrogen) atoms. The van der Waals surface area contributed by atoms with Crippen LogP contribution in [0.15, 0.2) is 17.7 Å². The quantitative estimate of drug-likeness (QED) is 0.834. The fourth-order valence-electron chi connectivity index (χ4n) is 1.53. The predicted molar refractivity (Wildman–Crippen MR) is 67.6 cm³/mol. The second kappa shape index (κ2) is 4.79. The van der Waals surface area contributed by atoms with Gasteiger partial charge in [-0.05, 0) is 13.8 Å². The topological polar surface area (TPSA) is 74.6 Å². The standard InChI is InChI=1S/C10H16N6S/c1-7(2)16-9(11)13-14-10(16)17-5-8-4-12-6-15(8)3/h4,6-7H,5H2,1-3H3,(H2,11,13). The Balaban J connectivity index is 2.12. The van der Waals surface area contributed by atoms with Crippen LogP contribution in [0.4, 0.5) is 5.95 Å². The Morgan fingerprint density at radius 3 is 2.76 bits per heavy atom. The van der Waals surface area contributed by atoms with Gasteiger partial charge in [0.25, 0.3) is 0 Å². The van der Waals surface area contributed by atoms with Crippen LogP contribution in [-0.4, -0.2) is 24.3 Å². The monoisotopic (exact) mass is 252 g/mol. The lowest BCUT2D eigenvalue weighted by atomic mass is 10.4. The van der Waals surface area contributed by atoms with Gasteiger partial charge >= 0.3 is 0 Å². The summed E-state index contributed by atoms with van der Waals surface area (Å²) in [5.41, 5.74) is 6.92. The molecule has 2 rings (SSSR count). The van der Waals surface area contributed by atoms with Gasteiger partial charge in [0.15, 0.2) is 5.16 Å². The highest BCUT2D eigenvalue weighted by Crippen LogP contribution is 2.25. The number of hydrogen-bond donors (Lipinski definition) is 1. The van der Waals surface area contributed by atoms with E-state index < -0.39 is 0 Å². The zero-order chi connectivity index (χ0) is 12.4. The van der Waals surface area contributed by atoms with Crippen molar-refractivity contribution in [2.75, 3.05) is 5.73 Å². The van der Waals surface area contributed by atoms with Gasteiger partial charge in [-0.2, -0.15) is 0 Å². The molecule has 0 bridgehead atoms. The highest BCUT2D eigenvalue weighted by atomic mass is 32.2. The van der Waals surface area contributed by atoms with E-state index >= 15 is 0 Å². The molecule has 92 valence electrons. The van der Waals surface area contributed by atoms with E-state index in [9.17, 15) is 0 Å². The predicted octanol–water partition coefficient (Wildman–Crippen LogP) is 1.47. The van der Waals surface area contributed by atoms with Gasteiger partial charge in [-0.1, -0.05) is 11.8 Å². The van der Waals surface area contributed by atoms with Gasteiger partial charge in [0.2, 0.25) is 5.95 Å². The number of anilines is 1. The molecule has 0 unspecified atom stereocenters. The summed E-state index contributed by atoms with van der Waals surface area (Å²) in [4.78, 5) is 4.08. The molecule has 0 saturated carbocycles. The summed E-state index contributed by atoms with van der Waals surface area (Å²) in [5.74, 6) is 1.27. The van der Waals surface area contributed by atoms with E-state index in [0.29, 0.717) is 5.95 Å². The third kappa shape index (κ3) is 2.44. The van der Waals surface area contributed by atoms with Gasteiger partial charge in [-0.25, -0.2) is 4.98 Å². The first-order chi connectivity index (χ1) is 8.09. The molecule has 7 heteroatoms. The summed E-state index contributed by atoms with van der Waals surface area (Å²) in [5, 5.41) is 8.84. The van der Waals surface area contributed by atoms with Gasteiger partial charge < -0.3 is 10.3 Å². The Kier molecular flexibility index (Phi) is 3.37. The maximum Gasteiger partial charge on any atom is 0.222 e. The molecule has 0 fully saturated rings. The molecule has 2 aromatic rings. The lowest BCUT2D eigenvalue weighted by molar-refractivity contribution is 0.557. The molecule has 0 saturated heterocycles. The lowest BCUT2D eigenvalue weighted by Crippen LogP contribution is -2.07. The Labute approximate surface area is 104 Å². The largest absolute Gasteiger partial charge is 0.368 e. The number of aromatic nitrogens is 5. The molecule has 0 aliphatic rings. The zero-order valence-electron chi connectivity index (χ0n) is 10.2. The maximum absolute atomic E-state index is 5.78. The van der Waals surface area contributed by atoms with Crippen molar-refractivity contribution in [1.82, 2.24) is 24.3 Å². The van der Waals surface area contributed by atoms with Crippen molar-refractivity contribution >= 4 is 17.7 Å². The van der Waals surface area contributed by atoms with Crippen molar-refractivity contribution in [3.63, 3.8) is 0 Å². The first kappa shape index (κ1) is 12.0. The van der Waals surface area contributed by atoms with Crippen molar-refractivity contribution in [2.24, 2.45) is 7.05 Å². The van der Waals surface area contributed by atoms with Gasteiger partial charge in [0.05, 0.1) is 6.33 Å². The highest BCUT2D eigenvalue weighted by molar-refractivity contribution is 7.98. The zero-order valence-corrected chi connectivity index (χ0v) is 11.0. The number of nitrogens with two attached hydrogens (primary N) is 1. The number of rotatable bonds is 4. The molecule has 2 N–H and O–H groups in total. The first-order valence-electron chi connectivity index (χ1n) is 5.38. The van der Waals surface area contributed by atoms with Crippen LogP contribution in [0.25, 0.3) is 0 Å². The van der Waals surface area contributed by atoms with Crippen molar-refractivity contribution in [3.05, 3.63) is 18.2 Å². The van der Waals surface area contributed by atoms with E-state index in [0.717, 1.165) is 16.6 Å². The van der Waals surface area contributed by atoms with Crippen molar-refractivity contribution < 1.29 is 0 Å². The van der Waals surface area contributed by atoms with E-state index in [1.54, 1.807) is 18.1 Å². The summed E-state index contributed by atoms with van der Waals surface area (Å²) in [6, 6.07) is 0.263. The maximum atomic E-state index is 5.78. The molecule has 0 aromatic carbocycles. The Morgan fingerprint density at radius 1 is 1.41 bits per heavy atom. The second-order valence-electron chi connectivity index (χ2n) is 4.09. The molecule has 0 aliphatic carbocycles. The molecule has 0 radical (unpaired) electrons. The number of nitrogens with zero attached hydrogens (tertiary/aromatic N) is 5. The molecule has 0 spiro atoms. The summed E-state index contributed by atoms with van der Waals surface area (Å²) in [6.45, 7) is 4.13. The molecule has 6 nitrogen and oxygen atoms in total. The molecular weight excluding hydrogens is 236 g/mol.